The molecule has 6 heteroatoms. The highest BCUT2D eigenvalue weighted by molar-refractivity contribution is 5.86. The number of aromatic nitrogens is 2. The zero-order valence-corrected chi connectivity index (χ0v) is 12.9. The number of nitrogens with zero attached hydrogens (tertiary/aromatic N) is 3. The third-order valence-corrected chi connectivity index (χ3v) is 2.81. The number of carbonyl (C=O) groups excluding carboxylic acids is 1. The van der Waals surface area contributed by atoms with Gasteiger partial charge in [0.15, 0.2) is 0 Å². The summed E-state index contributed by atoms with van der Waals surface area (Å²) in [4.78, 5) is 22.2. The van der Waals surface area contributed by atoms with Gasteiger partial charge in [-0.05, 0) is 39.0 Å². The molecule has 116 valence electrons. The molecule has 0 N–H and O–H groups in total. The monoisotopic (exact) mass is 301 g/mol. The summed E-state index contributed by atoms with van der Waals surface area (Å²) in [6, 6.07) is 10.7. The Morgan fingerprint density at radius 1 is 1.14 bits per heavy atom. The van der Waals surface area contributed by atoms with Crippen LogP contribution in [0.2, 0.25) is 0 Å². The minimum Gasteiger partial charge on any atom is -0.410 e. The van der Waals surface area contributed by atoms with Crippen molar-refractivity contribution in [3.05, 3.63) is 47.8 Å². The molecule has 0 aliphatic heterocycles. The number of anilines is 1. The molecule has 1 amide bonds. The fraction of sp³-hybridized carbons (Fsp3) is 0.312. The molecule has 22 heavy (non-hydrogen) atoms. The fourth-order valence-electron chi connectivity index (χ4n) is 1.85. The molecule has 1 aromatic heterocycles. The average molecular weight is 301 g/mol. The van der Waals surface area contributed by atoms with Gasteiger partial charge in [0, 0.05) is 18.0 Å². The number of ether oxygens (including phenoxy) is 2. The fourth-order valence-corrected chi connectivity index (χ4v) is 1.85. The Morgan fingerprint density at radius 2 is 1.77 bits per heavy atom. The Kier molecular flexibility index (Phi) is 5.43. The van der Waals surface area contributed by atoms with Crippen molar-refractivity contribution >= 4 is 12.0 Å². The molecule has 0 atom stereocenters. The molecule has 0 radical (unpaired) electrons. The van der Waals surface area contributed by atoms with E-state index in [0.717, 1.165) is 11.4 Å². The molecule has 1 heterocycles. The number of carbonyl (C=O) groups is 1. The summed E-state index contributed by atoms with van der Waals surface area (Å²) in [5.74, 6) is 0.727. The largest absolute Gasteiger partial charge is 0.424 e. The summed E-state index contributed by atoms with van der Waals surface area (Å²) < 4.78 is 10.7. The smallest absolute Gasteiger partial charge is 0.410 e. The van der Waals surface area contributed by atoms with E-state index in [0.29, 0.717) is 12.4 Å². The van der Waals surface area contributed by atoms with Gasteiger partial charge in [0.25, 0.3) is 0 Å². The van der Waals surface area contributed by atoms with Crippen molar-refractivity contribution in [3.63, 3.8) is 0 Å². The molecule has 0 unspecified atom stereocenters. The van der Waals surface area contributed by atoms with Crippen LogP contribution >= 0.6 is 0 Å². The number of hydrogen-bond acceptors (Lipinski definition) is 5. The summed E-state index contributed by atoms with van der Waals surface area (Å²) in [7, 11) is 0. The van der Waals surface area contributed by atoms with Gasteiger partial charge in [-0.2, -0.15) is 0 Å². The summed E-state index contributed by atoms with van der Waals surface area (Å²) in [5.41, 5.74) is 1.55. The first-order chi connectivity index (χ1) is 10.6. The Balaban J connectivity index is 2.23. The van der Waals surface area contributed by atoms with E-state index < -0.39 is 6.09 Å². The van der Waals surface area contributed by atoms with E-state index in [-0.39, 0.29) is 12.7 Å². The number of rotatable bonds is 5. The highest BCUT2D eigenvalue weighted by atomic mass is 16.6. The van der Waals surface area contributed by atoms with Crippen LogP contribution in [0.25, 0.3) is 0 Å². The van der Waals surface area contributed by atoms with Crippen molar-refractivity contribution in [2.45, 2.75) is 20.8 Å². The Bertz CT molecular complexity index is 612. The molecule has 0 fully saturated rings. The maximum absolute atomic E-state index is 12.4. The molecule has 0 aliphatic rings. The van der Waals surface area contributed by atoms with Crippen molar-refractivity contribution in [1.82, 2.24) is 9.97 Å². The van der Waals surface area contributed by atoms with Gasteiger partial charge in [-0.3, -0.25) is 0 Å². The number of hydrogen-bond donors (Lipinski definition) is 0. The van der Waals surface area contributed by atoms with E-state index in [1.807, 2.05) is 32.9 Å². The molecular formula is C16H19N3O3. The molecule has 0 saturated carbocycles. The van der Waals surface area contributed by atoms with Crippen LogP contribution in [0.4, 0.5) is 10.7 Å². The van der Waals surface area contributed by atoms with Crippen LogP contribution in [0.1, 0.15) is 18.3 Å². The van der Waals surface area contributed by atoms with E-state index in [1.54, 1.807) is 24.3 Å². The third-order valence-electron chi connectivity index (χ3n) is 2.81. The molecule has 6 nitrogen and oxygen atoms in total. The minimum absolute atomic E-state index is 0.0328. The van der Waals surface area contributed by atoms with Gasteiger partial charge in [0.1, 0.15) is 12.5 Å². The minimum atomic E-state index is -0.579. The summed E-state index contributed by atoms with van der Waals surface area (Å²) >= 11 is 0. The van der Waals surface area contributed by atoms with Crippen LogP contribution in [0.5, 0.6) is 5.75 Å². The van der Waals surface area contributed by atoms with Gasteiger partial charge in [0.2, 0.25) is 5.95 Å². The van der Waals surface area contributed by atoms with Gasteiger partial charge < -0.3 is 9.47 Å². The first-order valence-corrected chi connectivity index (χ1v) is 7.04. The number of benzene rings is 1. The first kappa shape index (κ1) is 15.9. The maximum Gasteiger partial charge on any atom is 0.424 e. The molecule has 0 saturated heterocycles. The van der Waals surface area contributed by atoms with Crippen molar-refractivity contribution in [2.75, 3.05) is 18.2 Å². The van der Waals surface area contributed by atoms with Crippen molar-refractivity contribution < 1.29 is 14.3 Å². The van der Waals surface area contributed by atoms with Crippen LogP contribution in [-0.4, -0.2) is 29.4 Å². The van der Waals surface area contributed by atoms with E-state index in [1.165, 1.54) is 4.90 Å². The highest BCUT2D eigenvalue weighted by Gasteiger charge is 2.21. The Labute approximate surface area is 129 Å². The predicted octanol–water partition coefficient (Wildman–Crippen LogP) is 3.09. The van der Waals surface area contributed by atoms with E-state index in [4.69, 9.17) is 9.47 Å². The molecule has 0 spiro atoms. The molecule has 0 aliphatic carbocycles. The van der Waals surface area contributed by atoms with Crippen molar-refractivity contribution in [3.8, 4) is 5.75 Å². The lowest BCUT2D eigenvalue weighted by atomic mass is 10.3. The maximum atomic E-state index is 12.4. The predicted molar refractivity (Wildman–Crippen MR) is 82.9 cm³/mol. The third kappa shape index (κ3) is 4.26. The second kappa shape index (κ2) is 7.51. The average Bonchev–Trinajstić information content (AvgIpc) is 2.47. The van der Waals surface area contributed by atoms with Crippen molar-refractivity contribution in [1.29, 1.82) is 0 Å². The summed E-state index contributed by atoms with van der Waals surface area (Å²) in [6.45, 7) is 6.05. The van der Waals surface area contributed by atoms with Crippen LogP contribution in [0.3, 0.4) is 0 Å². The SMILES string of the molecule is CCOCN(C(=O)Oc1ccccc1)c1nc(C)cc(C)n1. The van der Waals surface area contributed by atoms with Gasteiger partial charge in [-0.15, -0.1) is 0 Å². The van der Waals surface area contributed by atoms with Gasteiger partial charge in [0.05, 0.1) is 0 Å². The van der Waals surface area contributed by atoms with E-state index in [9.17, 15) is 4.79 Å². The number of para-hydroxylation sites is 1. The second-order valence-electron chi connectivity index (χ2n) is 4.68. The second-order valence-corrected chi connectivity index (χ2v) is 4.68. The summed E-state index contributed by atoms with van der Waals surface area (Å²) in [5, 5.41) is 0. The lowest BCUT2D eigenvalue weighted by Gasteiger charge is -2.20. The topological polar surface area (TPSA) is 64.5 Å². The normalized spacial score (nSPS) is 10.3. The number of amides is 1. The molecule has 2 aromatic rings. The molecular weight excluding hydrogens is 282 g/mol. The zero-order valence-electron chi connectivity index (χ0n) is 12.9. The van der Waals surface area contributed by atoms with Crippen LogP contribution in [0.15, 0.2) is 36.4 Å². The summed E-state index contributed by atoms with van der Waals surface area (Å²) in [6.07, 6.45) is -0.579. The number of aryl methyl sites for hydroxylation is 2. The Hall–Kier alpha value is -2.47. The quantitative estimate of drug-likeness (QED) is 0.794. The zero-order chi connectivity index (χ0) is 15.9. The lowest BCUT2D eigenvalue weighted by molar-refractivity contribution is 0.138. The van der Waals surface area contributed by atoms with Crippen LogP contribution in [0, 0.1) is 13.8 Å². The molecule has 0 bridgehead atoms. The lowest BCUT2D eigenvalue weighted by Crippen LogP contribution is -2.37. The van der Waals surface area contributed by atoms with Gasteiger partial charge in [-0.1, -0.05) is 18.2 Å². The standard InChI is InChI=1S/C16H19N3O3/c1-4-21-11-19(15-17-12(2)10-13(3)18-15)16(20)22-14-8-6-5-7-9-14/h5-10H,4,11H2,1-3H3. The molecule has 2 rings (SSSR count). The highest BCUT2D eigenvalue weighted by Crippen LogP contribution is 2.15. The van der Waals surface area contributed by atoms with Crippen LogP contribution in [-0.2, 0) is 4.74 Å². The first-order valence-electron chi connectivity index (χ1n) is 7.04. The van der Waals surface area contributed by atoms with E-state index >= 15 is 0 Å². The van der Waals surface area contributed by atoms with Crippen molar-refractivity contribution in [2.24, 2.45) is 0 Å². The van der Waals surface area contributed by atoms with E-state index in [2.05, 4.69) is 9.97 Å². The van der Waals surface area contributed by atoms with Gasteiger partial charge in [-0.25, -0.2) is 19.7 Å². The Morgan fingerprint density at radius 3 is 2.36 bits per heavy atom. The van der Waals surface area contributed by atoms with Crippen LogP contribution < -0.4 is 9.64 Å². The molecule has 1 aromatic carbocycles. The van der Waals surface area contributed by atoms with Gasteiger partial charge >= 0.3 is 6.09 Å².